The summed E-state index contributed by atoms with van der Waals surface area (Å²) >= 11 is 3.05. The monoisotopic (exact) mass is 294 g/mol. The topological polar surface area (TPSA) is 80.9 Å². The number of carbonyl (C=O) groups is 1. The van der Waals surface area contributed by atoms with E-state index in [0.717, 1.165) is 14.9 Å². The Bertz CT molecular complexity index is 513. The summed E-state index contributed by atoms with van der Waals surface area (Å²) in [7, 11) is 0. The minimum Gasteiger partial charge on any atom is -0.330 e. The molecule has 2 aromatic rings. The summed E-state index contributed by atoms with van der Waals surface area (Å²) in [5, 5.41) is 10.6. The highest BCUT2D eigenvalue weighted by molar-refractivity contribution is 8.01. The molecule has 0 spiro atoms. The van der Waals surface area contributed by atoms with Crippen LogP contribution in [0.1, 0.15) is 12.8 Å². The number of carbonyl (C=O) groups excluding carboxylic acids is 1. The average Bonchev–Trinajstić information content (AvgIpc) is 2.91. The van der Waals surface area contributed by atoms with Crippen LogP contribution in [-0.4, -0.2) is 22.6 Å². The van der Waals surface area contributed by atoms with Gasteiger partial charge in [-0.3, -0.25) is 4.79 Å². The summed E-state index contributed by atoms with van der Waals surface area (Å²) in [4.78, 5) is 12.6. The maximum Gasteiger partial charge on any atom is 0.224 e. The second kappa shape index (κ2) is 7.22. The van der Waals surface area contributed by atoms with E-state index in [-0.39, 0.29) is 5.91 Å². The molecule has 0 aliphatic heterocycles. The van der Waals surface area contributed by atoms with Crippen molar-refractivity contribution in [1.29, 1.82) is 0 Å². The van der Waals surface area contributed by atoms with Gasteiger partial charge < -0.3 is 11.1 Å². The highest BCUT2D eigenvalue weighted by Crippen LogP contribution is 2.29. The Morgan fingerprint density at radius 2 is 2.16 bits per heavy atom. The number of nitrogens with one attached hydrogen (secondary N) is 1. The molecule has 100 valence electrons. The van der Waals surface area contributed by atoms with Crippen LogP contribution in [0.2, 0.25) is 0 Å². The fraction of sp³-hybridized carbons (Fsp3) is 0.250. The van der Waals surface area contributed by atoms with Crippen LogP contribution < -0.4 is 11.1 Å². The first kappa shape index (κ1) is 14.0. The summed E-state index contributed by atoms with van der Waals surface area (Å²) in [6.45, 7) is 0.533. The minimum absolute atomic E-state index is 0.00465. The highest BCUT2D eigenvalue weighted by Gasteiger charge is 2.03. The fourth-order valence-corrected chi connectivity index (χ4v) is 2.85. The largest absolute Gasteiger partial charge is 0.330 e. The molecule has 1 aromatic carbocycles. The van der Waals surface area contributed by atoms with E-state index in [4.69, 9.17) is 5.73 Å². The number of anilines is 1. The number of amides is 1. The Hall–Kier alpha value is -1.44. The van der Waals surface area contributed by atoms with Gasteiger partial charge >= 0.3 is 0 Å². The zero-order valence-corrected chi connectivity index (χ0v) is 11.8. The Morgan fingerprint density at radius 3 is 2.79 bits per heavy atom. The van der Waals surface area contributed by atoms with Crippen LogP contribution in [0.5, 0.6) is 0 Å². The van der Waals surface area contributed by atoms with Gasteiger partial charge in [-0.05, 0) is 37.2 Å². The summed E-state index contributed by atoms with van der Waals surface area (Å²) in [5.41, 5.74) is 7.86. The lowest BCUT2D eigenvalue weighted by Gasteiger charge is -2.05. The maximum atomic E-state index is 11.5. The van der Waals surface area contributed by atoms with Crippen molar-refractivity contribution in [2.45, 2.75) is 22.1 Å². The van der Waals surface area contributed by atoms with E-state index >= 15 is 0 Å². The number of nitrogens with zero attached hydrogens (tertiary/aromatic N) is 2. The van der Waals surface area contributed by atoms with E-state index in [9.17, 15) is 4.79 Å². The number of hydrogen-bond donors (Lipinski definition) is 2. The zero-order chi connectivity index (χ0) is 13.5. The van der Waals surface area contributed by atoms with Gasteiger partial charge in [-0.2, -0.15) is 0 Å². The number of hydrogen-bond acceptors (Lipinski definition) is 6. The third kappa shape index (κ3) is 4.62. The van der Waals surface area contributed by atoms with Crippen LogP contribution in [0.15, 0.2) is 39.0 Å². The van der Waals surface area contributed by atoms with Crippen molar-refractivity contribution in [1.82, 2.24) is 10.2 Å². The molecule has 2 rings (SSSR count). The Balaban J connectivity index is 1.89. The molecular formula is C12H14N4OS2. The summed E-state index contributed by atoms with van der Waals surface area (Å²) in [5.74, 6) is -0.00465. The van der Waals surface area contributed by atoms with Gasteiger partial charge in [0.15, 0.2) is 4.34 Å². The number of benzene rings is 1. The van der Waals surface area contributed by atoms with Gasteiger partial charge in [0.2, 0.25) is 5.91 Å². The van der Waals surface area contributed by atoms with Gasteiger partial charge in [0.05, 0.1) is 0 Å². The van der Waals surface area contributed by atoms with Crippen molar-refractivity contribution in [2.24, 2.45) is 5.73 Å². The molecule has 19 heavy (non-hydrogen) atoms. The Morgan fingerprint density at radius 1 is 1.37 bits per heavy atom. The van der Waals surface area contributed by atoms with Crippen LogP contribution in [0, 0.1) is 0 Å². The van der Waals surface area contributed by atoms with Gasteiger partial charge in [0.1, 0.15) is 5.51 Å². The molecule has 0 saturated carbocycles. The van der Waals surface area contributed by atoms with E-state index in [1.54, 1.807) is 17.3 Å². The molecule has 1 heterocycles. The van der Waals surface area contributed by atoms with Crippen LogP contribution in [0.4, 0.5) is 5.69 Å². The molecule has 0 unspecified atom stereocenters. The predicted octanol–water partition coefficient (Wildman–Crippen LogP) is 2.37. The number of aromatic nitrogens is 2. The summed E-state index contributed by atoms with van der Waals surface area (Å²) < 4.78 is 0.903. The molecule has 0 radical (unpaired) electrons. The van der Waals surface area contributed by atoms with Gasteiger partial charge in [0.25, 0.3) is 0 Å². The molecule has 0 fully saturated rings. The maximum absolute atomic E-state index is 11.5. The van der Waals surface area contributed by atoms with Gasteiger partial charge in [-0.1, -0.05) is 23.1 Å². The van der Waals surface area contributed by atoms with Crippen molar-refractivity contribution >= 4 is 34.7 Å². The molecule has 1 aromatic heterocycles. The molecular weight excluding hydrogens is 280 g/mol. The third-order valence-electron chi connectivity index (χ3n) is 2.29. The van der Waals surface area contributed by atoms with Crippen molar-refractivity contribution in [3.8, 4) is 0 Å². The highest BCUT2D eigenvalue weighted by atomic mass is 32.2. The van der Waals surface area contributed by atoms with Crippen LogP contribution in [0.25, 0.3) is 0 Å². The van der Waals surface area contributed by atoms with Crippen molar-refractivity contribution in [3.63, 3.8) is 0 Å². The Kier molecular flexibility index (Phi) is 5.31. The lowest BCUT2D eigenvalue weighted by atomic mass is 10.2. The van der Waals surface area contributed by atoms with Crippen LogP contribution >= 0.6 is 23.1 Å². The summed E-state index contributed by atoms with van der Waals surface area (Å²) in [6, 6.07) is 7.66. The molecule has 5 nitrogen and oxygen atoms in total. The van der Waals surface area contributed by atoms with Crippen LogP contribution in [0.3, 0.4) is 0 Å². The van der Waals surface area contributed by atoms with Crippen molar-refractivity contribution in [2.75, 3.05) is 11.9 Å². The van der Waals surface area contributed by atoms with E-state index in [2.05, 4.69) is 15.5 Å². The number of nitrogens with two attached hydrogens (primary N) is 1. The minimum atomic E-state index is -0.00465. The first-order valence-corrected chi connectivity index (χ1v) is 7.51. The molecule has 0 aliphatic carbocycles. The third-order valence-corrected chi connectivity index (χ3v) is 4.08. The average molecular weight is 294 g/mol. The first-order chi connectivity index (χ1) is 9.28. The zero-order valence-electron chi connectivity index (χ0n) is 10.2. The lowest BCUT2D eigenvalue weighted by Crippen LogP contribution is -2.13. The molecule has 7 heteroatoms. The SMILES string of the molecule is NCCCC(=O)Nc1ccc(Sc2nncs2)cc1. The molecule has 0 saturated heterocycles. The second-order valence-corrected chi connectivity index (χ2v) is 5.93. The lowest BCUT2D eigenvalue weighted by molar-refractivity contribution is -0.116. The molecule has 0 aliphatic rings. The van der Waals surface area contributed by atoms with E-state index in [1.807, 2.05) is 24.3 Å². The van der Waals surface area contributed by atoms with Gasteiger partial charge in [-0.15, -0.1) is 10.2 Å². The van der Waals surface area contributed by atoms with Crippen molar-refractivity contribution < 1.29 is 4.79 Å². The predicted molar refractivity (Wildman–Crippen MR) is 77.4 cm³/mol. The van der Waals surface area contributed by atoms with E-state index in [0.29, 0.717) is 19.4 Å². The van der Waals surface area contributed by atoms with Gasteiger partial charge in [-0.25, -0.2) is 0 Å². The fourth-order valence-electron chi connectivity index (χ4n) is 1.40. The van der Waals surface area contributed by atoms with E-state index in [1.165, 1.54) is 11.3 Å². The quantitative estimate of drug-likeness (QED) is 0.855. The molecule has 1 amide bonds. The molecule has 0 bridgehead atoms. The summed E-state index contributed by atoms with van der Waals surface area (Å²) in [6.07, 6.45) is 1.16. The normalized spacial score (nSPS) is 10.4. The number of rotatable bonds is 6. The van der Waals surface area contributed by atoms with Gasteiger partial charge in [0, 0.05) is 17.0 Å². The second-order valence-electron chi connectivity index (χ2n) is 3.77. The van der Waals surface area contributed by atoms with Crippen LogP contribution in [-0.2, 0) is 4.79 Å². The molecule has 3 N–H and O–H groups in total. The smallest absolute Gasteiger partial charge is 0.224 e. The molecule has 0 atom stereocenters. The first-order valence-electron chi connectivity index (χ1n) is 5.82. The van der Waals surface area contributed by atoms with E-state index < -0.39 is 0 Å². The standard InChI is InChI=1S/C12H14N4OS2/c13-7-1-2-11(17)15-9-3-5-10(6-4-9)19-12-16-14-8-18-12/h3-6,8H,1-2,7,13H2,(H,15,17). The Labute approximate surface area is 119 Å². The van der Waals surface area contributed by atoms with Crippen molar-refractivity contribution in [3.05, 3.63) is 29.8 Å².